The first kappa shape index (κ1) is 15.0. The van der Waals surface area contributed by atoms with E-state index >= 15 is 0 Å². The Balaban J connectivity index is 2.32. The number of hydrogen-bond acceptors (Lipinski definition) is 4. The smallest absolute Gasteiger partial charge is 0.315 e. The second-order valence-corrected chi connectivity index (χ2v) is 4.62. The van der Waals surface area contributed by atoms with Crippen molar-refractivity contribution in [2.45, 2.75) is 32.4 Å². The van der Waals surface area contributed by atoms with E-state index in [1.54, 1.807) is 6.20 Å². The number of rotatable bonds is 6. The van der Waals surface area contributed by atoms with Crippen molar-refractivity contribution in [2.75, 3.05) is 6.54 Å². The van der Waals surface area contributed by atoms with E-state index < -0.39 is 24.0 Å². The van der Waals surface area contributed by atoms with Gasteiger partial charge in [-0.3, -0.25) is 9.89 Å². The molecule has 1 aromatic rings. The Morgan fingerprint density at radius 2 is 2.16 bits per heavy atom. The summed E-state index contributed by atoms with van der Waals surface area (Å²) in [5.74, 6) is -1.12. The zero-order valence-electron chi connectivity index (χ0n) is 10.9. The minimum atomic E-state index is -1.48. The number of aromatic amines is 1. The second kappa shape index (κ2) is 6.19. The molecule has 0 aliphatic rings. The number of aliphatic hydroxyl groups is 1. The first-order valence-electron chi connectivity index (χ1n) is 5.75. The highest BCUT2D eigenvalue weighted by Crippen LogP contribution is 2.07. The van der Waals surface area contributed by atoms with Crippen LogP contribution in [0.3, 0.4) is 0 Å². The molecule has 1 atom stereocenters. The fourth-order valence-electron chi connectivity index (χ4n) is 1.45. The van der Waals surface area contributed by atoms with Crippen molar-refractivity contribution in [3.8, 4) is 0 Å². The summed E-state index contributed by atoms with van der Waals surface area (Å²) in [5.41, 5.74) is 0.236. The molecule has 19 heavy (non-hydrogen) atoms. The van der Waals surface area contributed by atoms with Gasteiger partial charge in [0, 0.05) is 24.3 Å². The highest BCUT2D eigenvalue weighted by molar-refractivity contribution is 5.74. The van der Waals surface area contributed by atoms with E-state index in [1.807, 2.05) is 6.92 Å². The van der Waals surface area contributed by atoms with Crippen LogP contribution < -0.4 is 10.6 Å². The summed E-state index contributed by atoms with van der Waals surface area (Å²) in [5, 5.41) is 29.8. The Kier molecular flexibility index (Phi) is 4.87. The summed E-state index contributed by atoms with van der Waals surface area (Å²) in [6, 6.07) is -0.480. The number of urea groups is 1. The molecule has 0 saturated carbocycles. The minimum Gasteiger partial charge on any atom is -0.481 e. The van der Waals surface area contributed by atoms with Crippen LogP contribution in [-0.2, 0) is 11.3 Å². The summed E-state index contributed by atoms with van der Waals surface area (Å²) < 4.78 is 0. The molecule has 0 saturated heterocycles. The number of aliphatic carboxylic acids is 1. The van der Waals surface area contributed by atoms with Gasteiger partial charge in [0.05, 0.1) is 18.2 Å². The molecule has 1 aromatic heterocycles. The summed E-state index contributed by atoms with van der Waals surface area (Å²) in [6.07, 6.45) is 1.17. The lowest BCUT2D eigenvalue weighted by molar-refractivity contribution is -0.141. The number of aryl methyl sites for hydroxylation is 1. The largest absolute Gasteiger partial charge is 0.481 e. The molecule has 0 aromatic carbocycles. The van der Waals surface area contributed by atoms with Crippen molar-refractivity contribution in [3.05, 3.63) is 17.5 Å². The molecule has 0 radical (unpaired) electrons. The molecule has 1 heterocycles. The number of carboxylic acid groups (broad SMARTS) is 1. The quantitative estimate of drug-likeness (QED) is 0.487. The fourth-order valence-corrected chi connectivity index (χ4v) is 1.45. The number of hydrogen-bond donors (Lipinski definition) is 5. The Bertz CT molecular complexity index is 455. The van der Waals surface area contributed by atoms with Gasteiger partial charge in [-0.15, -0.1) is 0 Å². The number of nitrogens with zero attached hydrogens (tertiary/aromatic N) is 1. The van der Waals surface area contributed by atoms with Gasteiger partial charge in [0.15, 0.2) is 0 Å². The first-order chi connectivity index (χ1) is 8.80. The molecule has 8 nitrogen and oxygen atoms in total. The lowest BCUT2D eigenvalue weighted by Gasteiger charge is -2.21. The molecular formula is C11H18N4O4. The fraction of sp³-hybridized carbons (Fsp3) is 0.545. The predicted octanol–water partition coefficient (Wildman–Crippen LogP) is -0.257. The van der Waals surface area contributed by atoms with Crippen molar-refractivity contribution in [1.82, 2.24) is 20.8 Å². The maximum atomic E-state index is 11.5. The Morgan fingerprint density at radius 1 is 1.47 bits per heavy atom. The SMILES string of the molecule is Cc1[nH]ncc1CNC(=O)NCC(C)(O)CC(=O)O. The van der Waals surface area contributed by atoms with Crippen molar-refractivity contribution in [1.29, 1.82) is 0 Å². The number of H-pyrrole nitrogens is 1. The van der Waals surface area contributed by atoms with Crippen molar-refractivity contribution >= 4 is 12.0 Å². The van der Waals surface area contributed by atoms with E-state index in [2.05, 4.69) is 20.8 Å². The third-order valence-electron chi connectivity index (χ3n) is 2.54. The van der Waals surface area contributed by atoms with Crippen LogP contribution in [0.4, 0.5) is 4.79 Å². The first-order valence-corrected chi connectivity index (χ1v) is 5.75. The number of aromatic nitrogens is 2. The van der Waals surface area contributed by atoms with E-state index in [0.717, 1.165) is 11.3 Å². The molecule has 0 fully saturated rings. The monoisotopic (exact) mass is 270 g/mol. The number of nitrogens with one attached hydrogen (secondary N) is 3. The lowest BCUT2D eigenvalue weighted by Crippen LogP contribution is -2.45. The van der Waals surface area contributed by atoms with Crippen LogP contribution in [0.25, 0.3) is 0 Å². The molecule has 1 rings (SSSR count). The van der Waals surface area contributed by atoms with E-state index in [9.17, 15) is 14.7 Å². The van der Waals surface area contributed by atoms with E-state index in [-0.39, 0.29) is 6.54 Å². The Labute approximate surface area is 110 Å². The molecule has 0 bridgehead atoms. The molecule has 1 unspecified atom stereocenters. The molecule has 0 aliphatic heterocycles. The van der Waals surface area contributed by atoms with Gasteiger partial charge < -0.3 is 20.8 Å². The van der Waals surface area contributed by atoms with E-state index in [4.69, 9.17) is 5.11 Å². The lowest BCUT2D eigenvalue weighted by atomic mass is 10.0. The summed E-state index contributed by atoms with van der Waals surface area (Å²) in [4.78, 5) is 22.0. The van der Waals surface area contributed by atoms with Gasteiger partial charge in [0.1, 0.15) is 0 Å². The van der Waals surface area contributed by atoms with Crippen LogP contribution in [0.5, 0.6) is 0 Å². The highest BCUT2D eigenvalue weighted by Gasteiger charge is 2.24. The highest BCUT2D eigenvalue weighted by atomic mass is 16.4. The van der Waals surface area contributed by atoms with Gasteiger partial charge in [-0.05, 0) is 13.8 Å². The molecular weight excluding hydrogens is 252 g/mol. The summed E-state index contributed by atoms with van der Waals surface area (Å²) >= 11 is 0. The van der Waals surface area contributed by atoms with Crippen molar-refractivity contribution in [2.24, 2.45) is 0 Å². The van der Waals surface area contributed by atoms with Gasteiger partial charge in [-0.2, -0.15) is 5.10 Å². The standard InChI is InChI=1S/C11H18N4O4/c1-7-8(5-14-15-7)4-12-10(18)13-6-11(2,19)3-9(16)17/h5,19H,3-4,6H2,1-2H3,(H,14,15)(H,16,17)(H2,12,13,18). The van der Waals surface area contributed by atoms with Gasteiger partial charge >= 0.3 is 12.0 Å². The normalized spacial score (nSPS) is 13.6. The molecule has 2 amide bonds. The Hall–Kier alpha value is -2.09. The van der Waals surface area contributed by atoms with Crippen molar-refractivity contribution in [3.63, 3.8) is 0 Å². The molecule has 0 spiro atoms. The maximum absolute atomic E-state index is 11.5. The third-order valence-corrected chi connectivity index (χ3v) is 2.54. The number of amides is 2. The zero-order chi connectivity index (χ0) is 14.5. The van der Waals surface area contributed by atoms with Gasteiger partial charge in [0.25, 0.3) is 0 Å². The third kappa shape index (κ3) is 5.38. The maximum Gasteiger partial charge on any atom is 0.315 e. The zero-order valence-corrected chi connectivity index (χ0v) is 10.9. The summed E-state index contributed by atoms with van der Waals surface area (Å²) in [7, 11) is 0. The van der Waals surface area contributed by atoms with Crippen LogP contribution in [0.15, 0.2) is 6.20 Å². The van der Waals surface area contributed by atoms with Crippen LogP contribution >= 0.6 is 0 Å². The predicted molar refractivity (Wildman–Crippen MR) is 66.4 cm³/mol. The molecule has 106 valence electrons. The van der Waals surface area contributed by atoms with Gasteiger partial charge in [-0.1, -0.05) is 0 Å². The topological polar surface area (TPSA) is 127 Å². The summed E-state index contributed by atoms with van der Waals surface area (Å²) in [6.45, 7) is 3.34. The van der Waals surface area contributed by atoms with Gasteiger partial charge in [-0.25, -0.2) is 4.79 Å². The second-order valence-electron chi connectivity index (χ2n) is 4.62. The molecule has 8 heteroatoms. The van der Waals surface area contributed by atoms with Gasteiger partial charge in [0.2, 0.25) is 0 Å². The van der Waals surface area contributed by atoms with Crippen LogP contribution in [0, 0.1) is 6.92 Å². The van der Waals surface area contributed by atoms with Crippen LogP contribution in [0.1, 0.15) is 24.6 Å². The number of carbonyl (C=O) groups excluding carboxylic acids is 1. The van der Waals surface area contributed by atoms with Crippen LogP contribution in [0.2, 0.25) is 0 Å². The number of carbonyl (C=O) groups is 2. The molecule has 5 N–H and O–H groups in total. The molecule has 0 aliphatic carbocycles. The van der Waals surface area contributed by atoms with E-state index in [1.165, 1.54) is 6.92 Å². The van der Waals surface area contributed by atoms with E-state index in [0.29, 0.717) is 6.54 Å². The van der Waals surface area contributed by atoms with Crippen LogP contribution in [-0.4, -0.2) is 44.6 Å². The number of carboxylic acids is 1. The minimum absolute atomic E-state index is 0.143. The average molecular weight is 270 g/mol. The Morgan fingerprint density at radius 3 is 2.68 bits per heavy atom. The average Bonchev–Trinajstić information content (AvgIpc) is 2.68. The van der Waals surface area contributed by atoms with Crippen molar-refractivity contribution < 1.29 is 19.8 Å².